The third-order valence-corrected chi connectivity index (χ3v) is 4.74. The highest BCUT2D eigenvalue weighted by molar-refractivity contribution is 9.10. The van der Waals surface area contributed by atoms with Crippen LogP contribution in [-0.2, 0) is 11.8 Å². The Morgan fingerprint density at radius 1 is 1.38 bits per heavy atom. The Labute approximate surface area is 135 Å². The maximum Gasteiger partial charge on any atom is 0.274 e. The first kappa shape index (κ1) is 15.7. The van der Waals surface area contributed by atoms with Crippen LogP contribution >= 0.6 is 27.7 Å². The van der Waals surface area contributed by atoms with E-state index in [-0.39, 0.29) is 11.7 Å². The Morgan fingerprint density at radius 2 is 2.14 bits per heavy atom. The van der Waals surface area contributed by atoms with Crippen molar-refractivity contribution in [1.82, 2.24) is 9.88 Å². The molecule has 0 aliphatic carbocycles. The van der Waals surface area contributed by atoms with Gasteiger partial charge < -0.3 is 10.3 Å². The molecule has 21 heavy (non-hydrogen) atoms. The van der Waals surface area contributed by atoms with Crippen molar-refractivity contribution in [3.05, 3.63) is 46.7 Å². The van der Waals surface area contributed by atoms with Gasteiger partial charge in [-0.3, -0.25) is 14.9 Å². The van der Waals surface area contributed by atoms with Crippen LogP contribution < -0.4 is 11.1 Å². The van der Waals surface area contributed by atoms with E-state index < -0.39 is 5.91 Å². The number of hydrogen-bond acceptors (Lipinski definition) is 4. The molecule has 7 heteroatoms. The van der Waals surface area contributed by atoms with Gasteiger partial charge in [-0.25, -0.2) is 0 Å². The third-order valence-electron chi connectivity index (χ3n) is 2.74. The lowest BCUT2D eigenvalue weighted by atomic mass is 10.3. The Kier molecular flexibility index (Phi) is 5.08. The monoisotopic (exact) mass is 367 g/mol. The zero-order valence-electron chi connectivity index (χ0n) is 11.3. The van der Waals surface area contributed by atoms with Gasteiger partial charge in [0.25, 0.3) is 5.91 Å². The summed E-state index contributed by atoms with van der Waals surface area (Å²) in [6.45, 7) is 0. The highest BCUT2D eigenvalue weighted by Crippen LogP contribution is 2.28. The Bertz CT molecular complexity index is 685. The summed E-state index contributed by atoms with van der Waals surface area (Å²) in [5.41, 5.74) is 6.75. The van der Waals surface area contributed by atoms with E-state index in [0.717, 1.165) is 9.37 Å². The predicted molar refractivity (Wildman–Crippen MR) is 87.2 cm³/mol. The topological polar surface area (TPSA) is 77.1 Å². The van der Waals surface area contributed by atoms with Gasteiger partial charge in [-0.15, -0.1) is 11.8 Å². The van der Waals surface area contributed by atoms with Crippen LogP contribution in [0.4, 0.5) is 5.69 Å². The highest BCUT2D eigenvalue weighted by atomic mass is 79.9. The molecule has 0 aliphatic heterocycles. The van der Waals surface area contributed by atoms with Crippen LogP contribution in [0, 0.1) is 0 Å². The van der Waals surface area contributed by atoms with Crippen LogP contribution in [0.3, 0.4) is 0 Å². The summed E-state index contributed by atoms with van der Waals surface area (Å²) in [4.78, 5) is 24.6. The number of thioether (sulfide) groups is 1. The van der Waals surface area contributed by atoms with Gasteiger partial charge in [0.15, 0.2) is 0 Å². The lowest BCUT2D eigenvalue weighted by molar-refractivity contribution is -0.117. The maximum atomic E-state index is 11.9. The van der Waals surface area contributed by atoms with Crippen LogP contribution in [-0.4, -0.2) is 22.1 Å². The summed E-state index contributed by atoms with van der Waals surface area (Å²) in [5, 5.41) is 2.36. The molecule has 0 saturated heterocycles. The maximum absolute atomic E-state index is 11.9. The van der Waals surface area contributed by atoms with Gasteiger partial charge in [0, 0.05) is 28.3 Å². The van der Waals surface area contributed by atoms with E-state index in [2.05, 4.69) is 21.2 Å². The highest BCUT2D eigenvalue weighted by Gasteiger charge is 2.13. The number of benzene rings is 1. The molecule has 0 fully saturated rings. The summed E-state index contributed by atoms with van der Waals surface area (Å²) in [7, 11) is 1.75. The Hall–Kier alpha value is -1.73. The van der Waals surface area contributed by atoms with E-state index in [1.54, 1.807) is 42.1 Å². The van der Waals surface area contributed by atoms with Crippen LogP contribution in [0.5, 0.6) is 0 Å². The summed E-state index contributed by atoms with van der Waals surface area (Å²) in [6, 6.07) is 8.78. The fraction of sp³-hybridized carbons (Fsp3) is 0.143. The van der Waals surface area contributed by atoms with Gasteiger partial charge in [-0.05, 0) is 46.3 Å². The van der Waals surface area contributed by atoms with E-state index in [1.807, 2.05) is 6.07 Å². The minimum absolute atomic E-state index is 0.151. The van der Waals surface area contributed by atoms with E-state index in [0.29, 0.717) is 11.4 Å². The number of anilines is 1. The van der Waals surface area contributed by atoms with Gasteiger partial charge in [-0.1, -0.05) is 0 Å². The van der Waals surface area contributed by atoms with E-state index >= 15 is 0 Å². The first-order chi connectivity index (χ1) is 9.97. The molecule has 1 heterocycles. The molecule has 0 bridgehead atoms. The summed E-state index contributed by atoms with van der Waals surface area (Å²) in [5.74, 6) is -0.585. The predicted octanol–water partition coefficient (Wildman–Crippen LogP) is 2.42. The van der Waals surface area contributed by atoms with E-state index in [4.69, 9.17) is 5.73 Å². The molecule has 1 aromatic heterocycles. The van der Waals surface area contributed by atoms with Crippen molar-refractivity contribution in [2.75, 3.05) is 11.5 Å². The molecule has 0 unspecified atom stereocenters. The molecule has 2 amide bonds. The van der Waals surface area contributed by atoms with Crippen molar-refractivity contribution in [2.45, 2.75) is 4.90 Å². The molecule has 0 spiro atoms. The first-order valence-corrected chi connectivity index (χ1v) is 7.88. The normalized spacial score (nSPS) is 10.4. The SMILES string of the molecule is Cn1cccc1C(=O)NC(=O)CSc1ccc(N)cc1Br. The number of nitrogens with one attached hydrogen (secondary N) is 1. The number of nitrogens with zero attached hydrogens (tertiary/aromatic N) is 1. The zero-order valence-corrected chi connectivity index (χ0v) is 13.7. The van der Waals surface area contributed by atoms with E-state index in [1.165, 1.54) is 11.8 Å². The minimum atomic E-state index is -0.399. The second-order valence-electron chi connectivity index (χ2n) is 4.36. The molecular formula is C14H14BrN3O2S. The average molecular weight is 368 g/mol. The van der Waals surface area contributed by atoms with Crippen LogP contribution in [0.2, 0.25) is 0 Å². The van der Waals surface area contributed by atoms with Gasteiger partial charge in [0.1, 0.15) is 5.69 Å². The number of amides is 2. The lowest BCUT2D eigenvalue weighted by Crippen LogP contribution is -2.32. The molecule has 3 N–H and O–H groups in total. The molecule has 0 radical (unpaired) electrons. The number of carbonyl (C=O) groups excluding carboxylic acids is 2. The van der Waals surface area contributed by atoms with Gasteiger partial charge in [0.05, 0.1) is 5.75 Å². The number of nitrogens with two attached hydrogens (primary N) is 1. The number of nitrogen functional groups attached to an aromatic ring is 1. The molecular weight excluding hydrogens is 354 g/mol. The quantitative estimate of drug-likeness (QED) is 0.642. The first-order valence-electron chi connectivity index (χ1n) is 6.10. The standard InChI is InChI=1S/C14H14BrN3O2S/c1-18-6-2-3-11(18)14(20)17-13(19)8-21-12-5-4-9(16)7-10(12)15/h2-7H,8,16H2,1H3,(H,17,19,20). The Balaban J connectivity index is 1.90. The number of imide groups is 1. The molecule has 0 aliphatic rings. The molecule has 2 aromatic rings. The number of rotatable bonds is 4. The number of aromatic nitrogens is 1. The van der Waals surface area contributed by atoms with Crippen molar-refractivity contribution in [2.24, 2.45) is 7.05 Å². The lowest BCUT2D eigenvalue weighted by Gasteiger charge is -2.06. The van der Waals surface area contributed by atoms with Crippen LogP contribution in [0.15, 0.2) is 45.9 Å². The van der Waals surface area contributed by atoms with Gasteiger partial charge in [0.2, 0.25) is 5.91 Å². The smallest absolute Gasteiger partial charge is 0.274 e. The fourth-order valence-corrected chi connectivity index (χ4v) is 3.16. The van der Waals surface area contributed by atoms with Crippen LogP contribution in [0.1, 0.15) is 10.5 Å². The number of halogens is 1. The van der Waals surface area contributed by atoms with Crippen molar-refractivity contribution in [3.63, 3.8) is 0 Å². The summed E-state index contributed by atoms with van der Waals surface area (Å²) >= 11 is 4.72. The second kappa shape index (κ2) is 6.82. The molecule has 5 nitrogen and oxygen atoms in total. The molecule has 1 aromatic carbocycles. The summed E-state index contributed by atoms with van der Waals surface area (Å²) in [6.07, 6.45) is 1.75. The molecule has 0 saturated carbocycles. The zero-order chi connectivity index (χ0) is 15.4. The Morgan fingerprint density at radius 3 is 2.76 bits per heavy atom. The molecule has 0 atom stereocenters. The molecule has 2 rings (SSSR count). The average Bonchev–Trinajstić information content (AvgIpc) is 2.84. The number of carbonyl (C=O) groups is 2. The van der Waals surface area contributed by atoms with E-state index in [9.17, 15) is 9.59 Å². The fourth-order valence-electron chi connectivity index (χ4n) is 1.70. The minimum Gasteiger partial charge on any atom is -0.399 e. The number of hydrogen-bond donors (Lipinski definition) is 2. The van der Waals surface area contributed by atoms with Crippen LogP contribution in [0.25, 0.3) is 0 Å². The third kappa shape index (κ3) is 4.12. The van der Waals surface area contributed by atoms with Crippen molar-refractivity contribution in [1.29, 1.82) is 0 Å². The van der Waals surface area contributed by atoms with Crippen molar-refractivity contribution >= 4 is 45.2 Å². The molecule has 110 valence electrons. The van der Waals surface area contributed by atoms with Gasteiger partial charge in [-0.2, -0.15) is 0 Å². The van der Waals surface area contributed by atoms with Gasteiger partial charge >= 0.3 is 0 Å². The summed E-state index contributed by atoms with van der Waals surface area (Å²) < 4.78 is 2.49. The largest absolute Gasteiger partial charge is 0.399 e. The second-order valence-corrected chi connectivity index (χ2v) is 6.23. The van der Waals surface area contributed by atoms with Crippen molar-refractivity contribution < 1.29 is 9.59 Å². The van der Waals surface area contributed by atoms with Crippen molar-refractivity contribution in [3.8, 4) is 0 Å². The number of aryl methyl sites for hydroxylation is 1.